The predicted molar refractivity (Wildman–Crippen MR) is 108 cm³/mol. The Morgan fingerprint density at radius 2 is 1.85 bits per heavy atom. The molecule has 0 atom stereocenters. The summed E-state index contributed by atoms with van der Waals surface area (Å²) in [4.78, 5) is 23.6. The van der Waals surface area contributed by atoms with E-state index in [1.807, 2.05) is 28.5 Å². The third-order valence-corrected chi connectivity index (χ3v) is 6.15. The largest absolute Gasteiger partial charge is 0.378 e. The van der Waals surface area contributed by atoms with Crippen LogP contribution in [0.2, 0.25) is 5.02 Å². The third-order valence-electron chi connectivity index (χ3n) is 4.99. The average molecular weight is 407 g/mol. The van der Waals surface area contributed by atoms with Gasteiger partial charge in [0.05, 0.1) is 30.5 Å². The first-order valence-electron chi connectivity index (χ1n) is 9.24. The van der Waals surface area contributed by atoms with Crippen molar-refractivity contribution in [3.05, 3.63) is 45.4 Å². The van der Waals surface area contributed by atoms with Gasteiger partial charge in [-0.2, -0.15) is 0 Å². The van der Waals surface area contributed by atoms with E-state index in [2.05, 4.69) is 20.9 Å². The maximum atomic E-state index is 12.5. The van der Waals surface area contributed by atoms with E-state index in [1.165, 1.54) is 0 Å². The van der Waals surface area contributed by atoms with Crippen LogP contribution in [-0.2, 0) is 11.3 Å². The van der Waals surface area contributed by atoms with Gasteiger partial charge in [0, 0.05) is 44.6 Å². The molecule has 144 valence electrons. The lowest BCUT2D eigenvalue weighted by molar-refractivity contribution is 0.0299. The summed E-state index contributed by atoms with van der Waals surface area (Å²) in [7, 11) is 0. The summed E-state index contributed by atoms with van der Waals surface area (Å²) in [6.07, 6.45) is 0. The van der Waals surface area contributed by atoms with Crippen molar-refractivity contribution in [2.24, 2.45) is 0 Å². The molecule has 2 fully saturated rings. The first-order valence-corrected chi connectivity index (χ1v) is 10.5. The Kier molecular flexibility index (Phi) is 5.92. The molecular formula is C19H23ClN4O2S. The molecule has 2 aliphatic rings. The van der Waals surface area contributed by atoms with Gasteiger partial charge in [-0.25, -0.2) is 4.98 Å². The molecule has 2 saturated heterocycles. The minimum atomic E-state index is 0.0179. The van der Waals surface area contributed by atoms with Crippen LogP contribution in [0.25, 0.3) is 0 Å². The Bertz CT molecular complexity index is 786. The highest BCUT2D eigenvalue weighted by atomic mass is 35.5. The molecule has 0 aliphatic carbocycles. The molecule has 1 aromatic heterocycles. The van der Waals surface area contributed by atoms with Crippen LogP contribution in [0.15, 0.2) is 29.6 Å². The second-order valence-corrected chi connectivity index (χ2v) is 8.10. The van der Waals surface area contributed by atoms with Crippen molar-refractivity contribution >= 4 is 34.5 Å². The maximum absolute atomic E-state index is 12.5. The van der Waals surface area contributed by atoms with Gasteiger partial charge in [0.25, 0.3) is 5.91 Å². The number of hydrogen-bond donors (Lipinski definition) is 0. The van der Waals surface area contributed by atoms with E-state index in [4.69, 9.17) is 16.3 Å². The molecular weight excluding hydrogens is 384 g/mol. The number of thiazole rings is 1. The number of para-hydroxylation sites is 1. The van der Waals surface area contributed by atoms with Crippen molar-refractivity contribution in [2.45, 2.75) is 6.54 Å². The van der Waals surface area contributed by atoms with Crippen molar-refractivity contribution in [3.63, 3.8) is 0 Å². The SMILES string of the molecule is O=C(c1csc(CN2CCN(c3ccccc3Cl)CC2)n1)N1CCOCC1. The van der Waals surface area contributed by atoms with Gasteiger partial charge >= 0.3 is 0 Å². The van der Waals surface area contributed by atoms with E-state index >= 15 is 0 Å². The summed E-state index contributed by atoms with van der Waals surface area (Å²) in [6, 6.07) is 7.99. The van der Waals surface area contributed by atoms with Crippen molar-refractivity contribution < 1.29 is 9.53 Å². The number of rotatable bonds is 4. The number of amides is 1. The number of hydrogen-bond acceptors (Lipinski definition) is 6. The first kappa shape index (κ1) is 18.7. The van der Waals surface area contributed by atoms with Crippen LogP contribution in [0.1, 0.15) is 15.5 Å². The van der Waals surface area contributed by atoms with Crippen molar-refractivity contribution in [1.82, 2.24) is 14.8 Å². The summed E-state index contributed by atoms with van der Waals surface area (Å²) in [5, 5.41) is 3.68. The molecule has 27 heavy (non-hydrogen) atoms. The van der Waals surface area contributed by atoms with Crippen molar-refractivity contribution in [1.29, 1.82) is 0 Å². The smallest absolute Gasteiger partial charge is 0.273 e. The van der Waals surface area contributed by atoms with Gasteiger partial charge in [-0.05, 0) is 12.1 Å². The molecule has 6 nitrogen and oxygen atoms in total. The summed E-state index contributed by atoms with van der Waals surface area (Å²) < 4.78 is 5.31. The molecule has 0 spiro atoms. The van der Waals surface area contributed by atoms with Gasteiger partial charge < -0.3 is 14.5 Å². The highest BCUT2D eigenvalue weighted by Gasteiger charge is 2.23. The summed E-state index contributed by atoms with van der Waals surface area (Å²) >= 11 is 7.88. The fraction of sp³-hybridized carbons (Fsp3) is 0.474. The Morgan fingerprint density at radius 1 is 1.11 bits per heavy atom. The van der Waals surface area contributed by atoms with Crippen LogP contribution in [0.3, 0.4) is 0 Å². The number of carbonyl (C=O) groups excluding carboxylic acids is 1. The van der Waals surface area contributed by atoms with Crippen LogP contribution >= 0.6 is 22.9 Å². The van der Waals surface area contributed by atoms with Gasteiger partial charge in [-0.1, -0.05) is 23.7 Å². The number of anilines is 1. The van der Waals surface area contributed by atoms with Gasteiger partial charge in [0.1, 0.15) is 10.7 Å². The molecule has 0 radical (unpaired) electrons. The van der Waals surface area contributed by atoms with Crippen LogP contribution in [0.5, 0.6) is 0 Å². The number of benzene rings is 1. The van der Waals surface area contributed by atoms with E-state index in [-0.39, 0.29) is 5.91 Å². The number of piperazine rings is 1. The quantitative estimate of drug-likeness (QED) is 0.781. The molecule has 4 rings (SSSR count). The molecule has 0 unspecified atom stereocenters. The molecule has 1 amide bonds. The monoisotopic (exact) mass is 406 g/mol. The lowest BCUT2D eigenvalue weighted by Gasteiger charge is -2.36. The van der Waals surface area contributed by atoms with Crippen molar-refractivity contribution in [2.75, 3.05) is 57.4 Å². The zero-order valence-corrected chi connectivity index (χ0v) is 16.7. The van der Waals surface area contributed by atoms with Crippen molar-refractivity contribution in [3.8, 4) is 0 Å². The predicted octanol–water partition coefficient (Wildman–Crippen LogP) is 2.59. The third kappa shape index (κ3) is 4.43. The molecule has 2 aromatic rings. The van der Waals surface area contributed by atoms with Crippen LogP contribution < -0.4 is 4.90 Å². The van der Waals surface area contributed by atoms with E-state index in [0.29, 0.717) is 32.0 Å². The van der Waals surface area contributed by atoms with Gasteiger partial charge in [-0.15, -0.1) is 11.3 Å². The fourth-order valence-corrected chi connectivity index (χ4v) is 4.52. The summed E-state index contributed by atoms with van der Waals surface area (Å²) in [5.74, 6) is 0.0179. The number of aromatic nitrogens is 1. The minimum absolute atomic E-state index is 0.0179. The molecule has 8 heteroatoms. The lowest BCUT2D eigenvalue weighted by Crippen LogP contribution is -2.46. The van der Waals surface area contributed by atoms with Crippen LogP contribution in [0, 0.1) is 0 Å². The molecule has 3 heterocycles. The number of halogens is 1. The average Bonchev–Trinajstić information content (AvgIpc) is 3.18. The van der Waals surface area contributed by atoms with Gasteiger partial charge in [-0.3, -0.25) is 9.69 Å². The molecule has 0 bridgehead atoms. The topological polar surface area (TPSA) is 48.9 Å². The zero-order chi connectivity index (χ0) is 18.6. The molecule has 0 saturated carbocycles. The number of ether oxygens (including phenoxy) is 1. The molecule has 0 N–H and O–H groups in total. The Labute approximate surface area is 168 Å². The second kappa shape index (κ2) is 8.56. The summed E-state index contributed by atoms with van der Waals surface area (Å²) in [5.41, 5.74) is 1.66. The second-order valence-electron chi connectivity index (χ2n) is 6.75. The van der Waals surface area contributed by atoms with E-state index in [9.17, 15) is 4.79 Å². The number of morpholine rings is 1. The maximum Gasteiger partial charge on any atom is 0.273 e. The Morgan fingerprint density at radius 3 is 2.59 bits per heavy atom. The van der Waals surface area contributed by atoms with E-state index in [0.717, 1.165) is 48.4 Å². The first-order chi connectivity index (χ1) is 13.2. The number of nitrogens with zero attached hydrogens (tertiary/aromatic N) is 4. The Balaban J connectivity index is 1.31. The highest BCUT2D eigenvalue weighted by Crippen LogP contribution is 2.26. The van der Waals surface area contributed by atoms with Gasteiger partial charge in [0.15, 0.2) is 0 Å². The van der Waals surface area contributed by atoms with Crippen LogP contribution in [0.4, 0.5) is 5.69 Å². The van der Waals surface area contributed by atoms with Crippen LogP contribution in [-0.4, -0.2) is 73.2 Å². The number of carbonyl (C=O) groups is 1. The Hall–Kier alpha value is -1.67. The molecule has 1 aromatic carbocycles. The summed E-state index contributed by atoms with van der Waals surface area (Å²) in [6.45, 7) is 7.10. The van der Waals surface area contributed by atoms with Gasteiger partial charge in [0.2, 0.25) is 0 Å². The van der Waals surface area contributed by atoms with E-state index in [1.54, 1.807) is 11.3 Å². The lowest BCUT2D eigenvalue weighted by atomic mass is 10.2. The zero-order valence-electron chi connectivity index (χ0n) is 15.1. The molecule has 2 aliphatic heterocycles. The highest BCUT2D eigenvalue weighted by molar-refractivity contribution is 7.09. The normalized spacial score (nSPS) is 18.7. The van der Waals surface area contributed by atoms with E-state index < -0.39 is 0 Å². The standard InChI is InChI=1S/C19H23ClN4O2S/c20-15-3-1-2-4-17(15)23-7-5-22(6-8-23)13-18-21-16(14-27-18)19(25)24-9-11-26-12-10-24/h1-4,14H,5-13H2. The minimum Gasteiger partial charge on any atom is -0.378 e. The fourth-order valence-electron chi connectivity index (χ4n) is 3.46.